The SMILES string of the molecule is CC(C)(C)c1ccc(C(=O)O)c(Cl)n1.CC(C)C(CC[C@@H]1CN(C(=O)OC(C)(C)C)C(C)(C)C1)Nc1cccc(S(=O)(=O)NC(=O)c2ccc(C(C)(C)C)nc2Cl)n1.CC(C)C(CC[C@@H]1CN(C(=O)OC(C)(C)C)C(C)(C)C1)Nc1cccc(S(N)(=O)=O)n1. The number of hydrogen-bond donors (Lipinski definition) is 5. The van der Waals surface area contributed by atoms with E-state index in [1.54, 1.807) is 36.4 Å². The van der Waals surface area contributed by atoms with Gasteiger partial charge < -0.3 is 35.0 Å². The molecule has 4 atom stereocenters. The topological polar surface area (TPSA) is 295 Å². The summed E-state index contributed by atoms with van der Waals surface area (Å²) in [7, 11) is -8.14. The van der Waals surface area contributed by atoms with Crippen LogP contribution in [0.1, 0.15) is 209 Å². The molecule has 0 bridgehead atoms. The number of primary sulfonamides is 1. The highest BCUT2D eigenvalue weighted by atomic mass is 35.5. The Morgan fingerprint density at radius 1 is 0.607 bits per heavy atom. The lowest BCUT2D eigenvalue weighted by atomic mass is 9.89. The summed E-state index contributed by atoms with van der Waals surface area (Å²) in [6.45, 7) is 41.1. The first kappa shape index (κ1) is 75.6. The van der Waals surface area contributed by atoms with Crippen LogP contribution in [0, 0.1) is 23.7 Å². The number of aromatic carboxylic acids is 1. The number of nitrogens with two attached hydrogens (primary N) is 1. The standard InChI is InChI=1S/C32H48ClN5O5S.C22H38N4O4S.C10H12ClNO2/c1-20(2)23(16-14-21-18-32(9,10)38(19-21)29(40)43-31(6,7)8)34-25-12-11-13-26(36-25)44(41,42)37-28(39)22-15-17-24(30(3,4)5)35-27(22)33;1-15(2)17(24-18-9-8-10-19(25-18)31(23,28)29)12-11-16-13-22(6,7)26(14-16)20(27)30-21(3,4)5;1-10(2,3)7-5-4-6(9(13)14)8(11)12-7/h11-13,15,17,20-21,23H,14,16,18-19H2,1-10H3,(H,34,36)(H,37,39);8-10,15-17H,11-14H2,1-7H3,(H,24,25)(H2,23,28,29);4-5H,1-3H3,(H,13,14)/t21-,23?;16-,17?;/m00./s1. The number of carbonyl (C=O) groups excluding carboxylic acids is 3. The molecule has 2 aliphatic heterocycles. The van der Waals surface area contributed by atoms with Crippen molar-refractivity contribution in [3.05, 3.63) is 93.5 Å². The second-order valence-corrected chi connectivity index (χ2v) is 33.0. The fraction of sp³-hybridized carbons (Fsp3) is 0.625. The molecule has 2 saturated heterocycles. The number of nitrogens with one attached hydrogen (secondary N) is 3. The summed E-state index contributed by atoms with van der Waals surface area (Å²) < 4.78 is 62.7. The van der Waals surface area contributed by atoms with E-state index in [-0.39, 0.29) is 83.6 Å². The van der Waals surface area contributed by atoms with Gasteiger partial charge in [0.15, 0.2) is 10.1 Å². The van der Waals surface area contributed by atoms with Crippen molar-refractivity contribution in [1.29, 1.82) is 0 Å². The number of amides is 3. The lowest BCUT2D eigenvalue weighted by molar-refractivity contribution is 0.0118. The summed E-state index contributed by atoms with van der Waals surface area (Å²) in [5, 5.41) is 20.2. The summed E-state index contributed by atoms with van der Waals surface area (Å²) >= 11 is 12.0. The van der Waals surface area contributed by atoms with Crippen molar-refractivity contribution in [2.45, 2.75) is 232 Å². The zero-order valence-electron chi connectivity index (χ0n) is 55.8. The predicted molar refractivity (Wildman–Crippen MR) is 351 cm³/mol. The second kappa shape index (κ2) is 29.6. The molecule has 6 rings (SSSR count). The summed E-state index contributed by atoms with van der Waals surface area (Å²) in [4.78, 5) is 69.5. The summed E-state index contributed by atoms with van der Waals surface area (Å²) in [5.74, 6) is 0.146. The van der Waals surface area contributed by atoms with Crippen molar-refractivity contribution < 1.29 is 50.6 Å². The molecule has 496 valence electrons. The molecule has 4 aromatic rings. The Kier molecular flexibility index (Phi) is 25.1. The zero-order chi connectivity index (χ0) is 67.8. The molecule has 6 N–H and O–H groups in total. The average molecular weight is 1320 g/mol. The minimum absolute atomic E-state index is 0.0000500. The number of nitrogens with zero attached hydrogens (tertiary/aromatic N) is 6. The quantitative estimate of drug-likeness (QED) is 0.0614. The van der Waals surface area contributed by atoms with E-state index in [9.17, 15) is 36.0 Å². The molecular weight excluding hydrogens is 1220 g/mol. The smallest absolute Gasteiger partial charge is 0.410 e. The van der Waals surface area contributed by atoms with Gasteiger partial charge in [-0.05, 0) is 180 Å². The number of aromatic nitrogens is 4. The Balaban J connectivity index is 0.000000324. The van der Waals surface area contributed by atoms with E-state index >= 15 is 0 Å². The van der Waals surface area contributed by atoms with E-state index in [0.29, 0.717) is 48.2 Å². The molecule has 0 saturated carbocycles. The van der Waals surface area contributed by atoms with Crippen molar-refractivity contribution in [3.8, 4) is 0 Å². The highest BCUT2D eigenvalue weighted by molar-refractivity contribution is 7.90. The Hall–Kier alpha value is -5.88. The first-order chi connectivity index (χ1) is 40.5. The number of sulfonamides is 2. The van der Waals surface area contributed by atoms with Crippen LogP contribution in [-0.2, 0) is 40.4 Å². The van der Waals surface area contributed by atoms with Crippen LogP contribution >= 0.6 is 23.2 Å². The van der Waals surface area contributed by atoms with Crippen molar-refractivity contribution in [2.75, 3.05) is 23.7 Å². The number of carbonyl (C=O) groups is 4. The van der Waals surface area contributed by atoms with Crippen molar-refractivity contribution in [2.24, 2.45) is 28.8 Å². The second-order valence-electron chi connectivity index (χ2n) is 29.2. The van der Waals surface area contributed by atoms with Crippen LogP contribution in [0.5, 0.6) is 0 Å². The van der Waals surface area contributed by atoms with Gasteiger partial charge in [0.1, 0.15) is 33.1 Å². The summed E-state index contributed by atoms with van der Waals surface area (Å²) in [6, 6.07) is 15.8. The van der Waals surface area contributed by atoms with Crippen LogP contribution in [0.3, 0.4) is 0 Å². The monoisotopic (exact) mass is 1320 g/mol. The number of carboxylic acid groups (broad SMARTS) is 1. The van der Waals surface area contributed by atoms with Gasteiger partial charge in [-0.3, -0.25) is 4.79 Å². The molecular formula is C64H98Cl2N10O11S2. The number of anilines is 2. The van der Waals surface area contributed by atoms with Gasteiger partial charge in [-0.25, -0.2) is 52.6 Å². The zero-order valence-corrected chi connectivity index (χ0v) is 58.9. The highest BCUT2D eigenvalue weighted by Gasteiger charge is 2.44. The van der Waals surface area contributed by atoms with E-state index in [4.69, 9.17) is 42.9 Å². The van der Waals surface area contributed by atoms with Gasteiger partial charge in [-0.15, -0.1) is 0 Å². The molecule has 0 spiro atoms. The maximum Gasteiger partial charge on any atom is 0.410 e. The van der Waals surface area contributed by atoms with Gasteiger partial charge in [-0.1, -0.05) is 105 Å². The van der Waals surface area contributed by atoms with E-state index in [1.807, 2.05) is 92.9 Å². The van der Waals surface area contributed by atoms with Crippen LogP contribution in [0.4, 0.5) is 21.2 Å². The molecule has 2 unspecified atom stereocenters. The lowest BCUT2D eigenvalue weighted by Crippen LogP contribution is -2.45. The molecule has 21 nitrogen and oxygen atoms in total. The Morgan fingerprint density at radius 3 is 1.31 bits per heavy atom. The van der Waals surface area contributed by atoms with Gasteiger partial charge in [0.2, 0.25) is 0 Å². The highest BCUT2D eigenvalue weighted by Crippen LogP contribution is 2.39. The third-order valence-electron chi connectivity index (χ3n) is 15.1. The fourth-order valence-corrected chi connectivity index (χ4v) is 12.3. The third kappa shape index (κ3) is 23.1. The summed E-state index contributed by atoms with van der Waals surface area (Å²) in [5.41, 5.74) is -0.584. The van der Waals surface area contributed by atoms with Crippen LogP contribution in [-0.4, -0.2) is 123 Å². The maximum atomic E-state index is 13.1. The van der Waals surface area contributed by atoms with Gasteiger partial charge in [0.25, 0.3) is 26.0 Å². The van der Waals surface area contributed by atoms with Gasteiger partial charge in [-0.2, -0.15) is 8.42 Å². The van der Waals surface area contributed by atoms with Crippen molar-refractivity contribution >= 4 is 78.9 Å². The van der Waals surface area contributed by atoms with E-state index < -0.39 is 43.1 Å². The molecule has 4 aromatic heterocycles. The normalized spacial score (nSPS) is 17.6. The maximum absolute atomic E-state index is 13.1. The minimum Gasteiger partial charge on any atom is -0.478 e. The average Bonchev–Trinajstić information content (AvgIpc) is 1.82. The van der Waals surface area contributed by atoms with E-state index in [1.165, 1.54) is 24.3 Å². The number of rotatable bonds is 17. The molecule has 0 aromatic carbocycles. The summed E-state index contributed by atoms with van der Waals surface area (Å²) in [6.07, 6.45) is 4.70. The predicted octanol–water partition coefficient (Wildman–Crippen LogP) is 13.5. The Labute approximate surface area is 539 Å². The molecule has 3 amide bonds. The molecule has 2 fully saturated rings. The number of hydrogen-bond acceptors (Lipinski definition) is 16. The van der Waals surface area contributed by atoms with Crippen LogP contribution < -0.4 is 20.5 Å². The van der Waals surface area contributed by atoms with Crippen LogP contribution in [0.2, 0.25) is 10.3 Å². The van der Waals surface area contributed by atoms with Crippen LogP contribution in [0.15, 0.2) is 70.7 Å². The number of halogens is 2. The van der Waals surface area contributed by atoms with E-state index in [0.717, 1.165) is 44.2 Å². The van der Waals surface area contributed by atoms with Crippen molar-refractivity contribution in [3.63, 3.8) is 0 Å². The Bertz CT molecular complexity index is 3350. The van der Waals surface area contributed by atoms with Crippen LogP contribution in [0.25, 0.3) is 0 Å². The molecule has 25 heteroatoms. The molecule has 0 aliphatic carbocycles. The third-order valence-corrected chi connectivity index (χ3v) is 17.8. The number of likely N-dealkylation sites (tertiary alicyclic amines) is 2. The van der Waals surface area contributed by atoms with Gasteiger partial charge in [0, 0.05) is 58.5 Å². The number of ether oxygens (including phenoxy) is 2. The molecule has 2 aliphatic rings. The first-order valence-corrected chi connectivity index (χ1v) is 33.9. The minimum atomic E-state index is -4.29. The van der Waals surface area contributed by atoms with Gasteiger partial charge in [0.05, 0.1) is 11.1 Å². The number of carboxylic acids is 1. The van der Waals surface area contributed by atoms with Gasteiger partial charge >= 0.3 is 18.2 Å². The molecule has 6 heterocycles. The van der Waals surface area contributed by atoms with Crippen molar-refractivity contribution in [1.82, 2.24) is 34.5 Å². The fourth-order valence-electron chi connectivity index (χ4n) is 10.4. The molecule has 89 heavy (non-hydrogen) atoms. The molecule has 0 radical (unpaired) electrons. The lowest BCUT2D eigenvalue weighted by Gasteiger charge is -2.33. The Morgan fingerprint density at radius 2 is 0.978 bits per heavy atom. The first-order valence-electron chi connectivity index (χ1n) is 30.2. The largest absolute Gasteiger partial charge is 0.478 e. The number of pyridine rings is 4. The van der Waals surface area contributed by atoms with E-state index in [2.05, 4.69) is 90.7 Å².